The van der Waals surface area contributed by atoms with Gasteiger partial charge in [0, 0.05) is 30.6 Å². The molecule has 4 bridgehead atoms. The van der Waals surface area contributed by atoms with E-state index in [0.29, 0.717) is 24.0 Å². The number of hydrogen-bond donors (Lipinski definition) is 2. The molecule has 3 heterocycles. The van der Waals surface area contributed by atoms with Gasteiger partial charge in [-0.2, -0.15) is 0 Å². The second-order valence-corrected chi connectivity index (χ2v) is 15.0. The number of benzene rings is 1. The molecule has 2 saturated heterocycles. The molecule has 8 heteroatoms. The molecular weight excluding hydrogens is 497 g/mol. The molecule has 6 rings (SSSR count). The summed E-state index contributed by atoms with van der Waals surface area (Å²) in [4.78, 5) is 40.2. The molecule has 2 saturated carbocycles. The van der Waals surface area contributed by atoms with E-state index in [9.17, 15) is 19.1 Å². The first-order chi connectivity index (χ1) is 18.1. The molecule has 0 amide bonds. The van der Waals surface area contributed by atoms with Crippen LogP contribution in [0, 0.1) is 29.6 Å². The molecular formula is C30H44N3O4P. The van der Waals surface area contributed by atoms with Gasteiger partial charge in [-0.3, -0.25) is 14.3 Å². The van der Waals surface area contributed by atoms with Gasteiger partial charge in [0.1, 0.15) is 5.69 Å². The summed E-state index contributed by atoms with van der Waals surface area (Å²) in [5.41, 5.74) is 1.68. The maximum absolute atomic E-state index is 13.8. The minimum Gasteiger partial charge on any atom is -0.324 e. The number of hydrogen-bond acceptors (Lipinski definition) is 4. The minimum atomic E-state index is -4.22. The van der Waals surface area contributed by atoms with E-state index >= 15 is 0 Å². The van der Waals surface area contributed by atoms with E-state index in [2.05, 4.69) is 30.7 Å². The van der Waals surface area contributed by atoms with Crippen molar-refractivity contribution in [2.75, 3.05) is 6.16 Å². The van der Waals surface area contributed by atoms with Crippen LogP contribution in [0.15, 0.2) is 29.1 Å². The normalized spacial score (nSPS) is 37.9. The zero-order valence-electron chi connectivity index (χ0n) is 23.1. The molecule has 1 aromatic heterocycles. The summed E-state index contributed by atoms with van der Waals surface area (Å²) in [7, 11) is -4.22. The minimum absolute atomic E-state index is 0.00247. The summed E-state index contributed by atoms with van der Waals surface area (Å²) in [5.74, 6) is 3.97. The molecule has 2 aromatic rings. The van der Waals surface area contributed by atoms with Crippen LogP contribution in [0.5, 0.6) is 0 Å². The largest absolute Gasteiger partial charge is 0.325 e. The van der Waals surface area contributed by atoms with E-state index in [1.807, 2.05) is 28.8 Å². The van der Waals surface area contributed by atoms with Gasteiger partial charge in [-0.05, 0) is 93.1 Å². The van der Waals surface area contributed by atoms with Crippen molar-refractivity contribution in [3.05, 3.63) is 40.3 Å². The van der Waals surface area contributed by atoms with Gasteiger partial charge in [0.25, 0.3) is 5.56 Å². The van der Waals surface area contributed by atoms with E-state index in [1.165, 1.54) is 38.5 Å². The van der Waals surface area contributed by atoms with Gasteiger partial charge in [-0.15, -0.1) is 0 Å². The fourth-order valence-corrected chi connectivity index (χ4v) is 9.43. The lowest BCUT2D eigenvalue weighted by Crippen LogP contribution is -2.61. The maximum atomic E-state index is 13.8. The van der Waals surface area contributed by atoms with Crippen LogP contribution in [-0.2, 0) is 11.0 Å². The first-order valence-electron chi connectivity index (χ1n) is 14.9. The number of rotatable bonds is 5. The molecule has 2 aliphatic carbocycles. The summed E-state index contributed by atoms with van der Waals surface area (Å²) in [5, 5.41) is 0. The number of piperidine rings is 2. The monoisotopic (exact) mass is 541 g/mol. The fraction of sp³-hybridized carbons (Fsp3) is 0.733. The molecule has 4 aliphatic rings. The molecule has 4 fully saturated rings. The Morgan fingerprint density at radius 2 is 1.71 bits per heavy atom. The van der Waals surface area contributed by atoms with E-state index in [4.69, 9.17) is 0 Å². The summed E-state index contributed by atoms with van der Waals surface area (Å²) < 4.78 is 13.5. The predicted molar refractivity (Wildman–Crippen MR) is 150 cm³/mol. The Balaban J connectivity index is 1.32. The lowest BCUT2D eigenvalue weighted by Gasteiger charge is -2.58. The van der Waals surface area contributed by atoms with Crippen molar-refractivity contribution >= 4 is 18.6 Å². The van der Waals surface area contributed by atoms with Gasteiger partial charge in [0.2, 0.25) is 0 Å². The third-order valence-corrected chi connectivity index (χ3v) is 11.7. The first kappa shape index (κ1) is 26.7. The molecule has 7 nitrogen and oxygen atoms in total. The predicted octanol–water partition coefficient (Wildman–Crippen LogP) is 5.38. The topological polar surface area (TPSA) is 95.7 Å². The molecule has 2 N–H and O–H groups in total. The average Bonchev–Trinajstić information content (AvgIpc) is 2.87. The average molecular weight is 542 g/mol. The number of nitrogens with zero attached hydrogens (tertiary/aromatic N) is 3. The van der Waals surface area contributed by atoms with Gasteiger partial charge < -0.3 is 14.4 Å². The highest BCUT2D eigenvalue weighted by atomic mass is 31.2. The zero-order chi connectivity index (χ0) is 26.8. The van der Waals surface area contributed by atoms with Crippen molar-refractivity contribution in [3.8, 4) is 0 Å². The lowest BCUT2D eigenvalue weighted by molar-refractivity contribution is -0.0796. The molecule has 1 aromatic carbocycles. The van der Waals surface area contributed by atoms with E-state index in [0.717, 1.165) is 47.5 Å². The molecule has 208 valence electrons. The highest BCUT2D eigenvalue weighted by Gasteiger charge is 2.49. The van der Waals surface area contributed by atoms with Crippen LogP contribution in [-0.4, -0.2) is 48.5 Å². The standard InChI is InChI=1S/C30H44N3O4P/c1-18-8-9-23-16-25(17-29(18)32(23)24-14-21-12-19(2)20(3)22(13-21)15-24)33-28-7-5-4-6-26(28)31-27(30(33)34)10-11-38(35,36)37/h4-7,18-25,29H,8-17H2,1-3H3,(H2,35,36,37)/t18-,19-,20-,21-,22+,23+,24+,25-,29+/m0/s1. The van der Waals surface area contributed by atoms with Crippen molar-refractivity contribution in [3.63, 3.8) is 0 Å². The van der Waals surface area contributed by atoms with Crippen LogP contribution < -0.4 is 5.56 Å². The Labute approximate surface area is 226 Å². The number of aryl methyl sites for hydroxylation is 1. The number of fused-ring (bicyclic) bond motifs is 5. The van der Waals surface area contributed by atoms with Gasteiger partial charge in [-0.25, -0.2) is 4.98 Å². The van der Waals surface area contributed by atoms with Crippen LogP contribution in [0.2, 0.25) is 0 Å². The van der Waals surface area contributed by atoms with E-state index < -0.39 is 7.60 Å². The van der Waals surface area contributed by atoms with Crippen LogP contribution in [0.25, 0.3) is 11.0 Å². The quantitative estimate of drug-likeness (QED) is 0.494. The Morgan fingerprint density at radius 3 is 2.50 bits per heavy atom. The van der Waals surface area contributed by atoms with Crippen molar-refractivity contribution in [2.45, 2.75) is 103 Å². The third kappa shape index (κ3) is 4.93. The molecule has 0 spiro atoms. The Kier molecular flexibility index (Phi) is 7.12. The molecule has 9 atom stereocenters. The second kappa shape index (κ2) is 10.1. The van der Waals surface area contributed by atoms with Gasteiger partial charge in [-0.1, -0.05) is 32.9 Å². The van der Waals surface area contributed by atoms with Crippen LogP contribution in [0.4, 0.5) is 0 Å². The Hall–Kier alpha value is -1.53. The second-order valence-electron chi connectivity index (χ2n) is 13.3. The van der Waals surface area contributed by atoms with E-state index in [-0.39, 0.29) is 29.9 Å². The summed E-state index contributed by atoms with van der Waals surface area (Å²) in [6.07, 6.45) is 9.48. The summed E-state index contributed by atoms with van der Waals surface area (Å²) in [6, 6.07) is 9.47. The van der Waals surface area contributed by atoms with E-state index in [1.54, 1.807) is 0 Å². The number of aromatic nitrogens is 2. The highest BCUT2D eigenvalue weighted by Crippen LogP contribution is 2.51. The smallest absolute Gasteiger partial charge is 0.324 e. The molecule has 2 aliphatic heterocycles. The van der Waals surface area contributed by atoms with Crippen molar-refractivity contribution in [1.29, 1.82) is 0 Å². The van der Waals surface area contributed by atoms with Crippen LogP contribution in [0.1, 0.15) is 83.9 Å². The maximum Gasteiger partial charge on any atom is 0.325 e. The van der Waals surface area contributed by atoms with Gasteiger partial charge in [0.15, 0.2) is 0 Å². The highest BCUT2D eigenvalue weighted by molar-refractivity contribution is 7.51. The first-order valence-corrected chi connectivity index (χ1v) is 16.7. The van der Waals surface area contributed by atoms with Crippen molar-refractivity contribution < 1.29 is 14.4 Å². The SMILES string of the molecule is C[C@@H]1[C@@H]2C[C@@H](C[C@@H](N3[C@@H]4CC[C@H](C)[C@H]3C[C@@H](n3c(=O)c(CCP(=O)(O)O)nc5ccccc53)C4)C2)C[C@@H]1C. The van der Waals surface area contributed by atoms with Crippen LogP contribution in [0.3, 0.4) is 0 Å². The van der Waals surface area contributed by atoms with Crippen molar-refractivity contribution in [2.24, 2.45) is 29.6 Å². The molecule has 38 heavy (non-hydrogen) atoms. The Bertz CT molecular complexity index is 1290. The summed E-state index contributed by atoms with van der Waals surface area (Å²) in [6.45, 7) is 7.34. The fourth-order valence-electron chi connectivity index (χ4n) is 8.93. The molecule has 0 radical (unpaired) electrons. The lowest BCUT2D eigenvalue weighted by atomic mass is 9.61. The Morgan fingerprint density at radius 1 is 0.921 bits per heavy atom. The molecule has 0 unspecified atom stereocenters. The van der Waals surface area contributed by atoms with Gasteiger partial charge >= 0.3 is 7.60 Å². The summed E-state index contributed by atoms with van der Waals surface area (Å²) >= 11 is 0. The third-order valence-electron chi connectivity index (χ3n) is 10.9. The van der Waals surface area contributed by atoms with Crippen molar-refractivity contribution in [1.82, 2.24) is 14.5 Å². The van der Waals surface area contributed by atoms with Gasteiger partial charge in [0.05, 0.1) is 17.2 Å². The zero-order valence-corrected chi connectivity index (χ0v) is 24.0. The number of para-hydroxylation sites is 2. The van der Waals surface area contributed by atoms with Crippen LogP contribution >= 0.6 is 7.60 Å².